The lowest BCUT2D eigenvalue weighted by molar-refractivity contribution is -0.168. The average molecular weight is 431 g/mol. The van der Waals surface area contributed by atoms with Gasteiger partial charge in [0.2, 0.25) is 0 Å². The number of aromatic nitrogens is 1. The van der Waals surface area contributed by atoms with Gasteiger partial charge in [0.05, 0.1) is 36.4 Å². The molecule has 2 bridgehead atoms. The van der Waals surface area contributed by atoms with Gasteiger partial charge in [0.1, 0.15) is 5.75 Å². The number of hydrogen-bond acceptors (Lipinski definition) is 6. The fourth-order valence-corrected chi connectivity index (χ4v) is 7.20. The van der Waals surface area contributed by atoms with Gasteiger partial charge in [-0.1, -0.05) is 18.2 Å². The van der Waals surface area contributed by atoms with Crippen molar-refractivity contribution in [2.24, 2.45) is 0 Å². The Labute approximate surface area is 186 Å². The zero-order valence-electron chi connectivity index (χ0n) is 18.5. The normalized spacial score (nSPS) is 31.6. The lowest BCUT2D eigenvalue weighted by atomic mass is 9.49. The monoisotopic (exact) mass is 430 g/mol. The Morgan fingerprint density at radius 3 is 2.81 bits per heavy atom. The van der Waals surface area contributed by atoms with Crippen molar-refractivity contribution in [1.29, 1.82) is 0 Å². The fraction of sp³-hybridized carbons (Fsp3) is 0.423. The number of rotatable bonds is 2. The Morgan fingerprint density at radius 1 is 1.16 bits per heavy atom. The highest BCUT2D eigenvalue weighted by Gasteiger charge is 2.72. The van der Waals surface area contributed by atoms with E-state index in [4.69, 9.17) is 19.2 Å². The van der Waals surface area contributed by atoms with Crippen molar-refractivity contribution in [1.82, 2.24) is 9.88 Å². The van der Waals surface area contributed by atoms with E-state index in [0.29, 0.717) is 6.42 Å². The van der Waals surface area contributed by atoms with Crippen LogP contribution in [0.1, 0.15) is 34.9 Å². The molecule has 1 N–H and O–H groups in total. The van der Waals surface area contributed by atoms with E-state index < -0.39 is 11.0 Å². The summed E-state index contributed by atoms with van der Waals surface area (Å²) in [7, 11) is 5.51. The molecule has 2 aliphatic carbocycles. The van der Waals surface area contributed by atoms with Gasteiger partial charge in [0.25, 0.3) is 0 Å². The fourth-order valence-electron chi connectivity index (χ4n) is 7.20. The number of aliphatic hydroxyl groups is 1. The first-order valence-corrected chi connectivity index (χ1v) is 11.3. The molecular weight excluding hydrogens is 404 g/mol. The molecule has 1 fully saturated rings. The van der Waals surface area contributed by atoms with Crippen molar-refractivity contribution in [3.8, 4) is 17.2 Å². The Bertz CT molecular complexity index is 1310. The second-order valence-electron chi connectivity index (χ2n) is 9.68. The molecule has 32 heavy (non-hydrogen) atoms. The van der Waals surface area contributed by atoms with Gasteiger partial charge in [-0.15, -0.1) is 0 Å². The molecule has 3 aromatic rings. The van der Waals surface area contributed by atoms with Crippen LogP contribution in [-0.4, -0.2) is 54.4 Å². The number of likely N-dealkylation sites (N-methyl/N-ethyl adjacent to an activating group) is 1. The van der Waals surface area contributed by atoms with Crippen molar-refractivity contribution < 1.29 is 19.3 Å². The van der Waals surface area contributed by atoms with Crippen molar-refractivity contribution in [2.45, 2.75) is 42.4 Å². The van der Waals surface area contributed by atoms with Crippen LogP contribution in [0, 0.1) is 0 Å². The summed E-state index contributed by atoms with van der Waals surface area (Å²) in [5, 5.41) is 13.6. The van der Waals surface area contributed by atoms with Crippen LogP contribution in [-0.2, 0) is 18.3 Å². The SMILES string of the molecule is COc1ccc2c3c1OC1c4nc5ccccc5c(OC)c4CC4(O)[C@@H](C2)N(C)CC[C@]314. The summed E-state index contributed by atoms with van der Waals surface area (Å²) in [4.78, 5) is 7.43. The number of para-hydroxylation sites is 1. The average Bonchev–Trinajstić information content (AvgIpc) is 3.15. The number of methoxy groups -OCH3 is 2. The summed E-state index contributed by atoms with van der Waals surface area (Å²) in [6.45, 7) is 0.906. The number of hydrogen-bond donors (Lipinski definition) is 1. The van der Waals surface area contributed by atoms with E-state index >= 15 is 0 Å². The summed E-state index contributed by atoms with van der Waals surface area (Å²) >= 11 is 0. The zero-order valence-corrected chi connectivity index (χ0v) is 18.5. The van der Waals surface area contributed by atoms with E-state index in [1.54, 1.807) is 14.2 Å². The molecule has 164 valence electrons. The molecule has 0 saturated carbocycles. The number of ether oxygens (including phenoxy) is 3. The largest absolute Gasteiger partial charge is 0.496 e. The van der Waals surface area contributed by atoms with Crippen molar-refractivity contribution in [3.63, 3.8) is 0 Å². The maximum absolute atomic E-state index is 12.6. The molecule has 2 aromatic carbocycles. The molecule has 4 atom stereocenters. The summed E-state index contributed by atoms with van der Waals surface area (Å²) in [6, 6.07) is 12.2. The molecule has 1 saturated heterocycles. The van der Waals surface area contributed by atoms with E-state index in [1.807, 2.05) is 30.3 Å². The minimum absolute atomic E-state index is 0.00137. The number of fused-ring (bicyclic) bond motifs is 3. The lowest BCUT2D eigenvalue weighted by Crippen LogP contribution is -2.74. The van der Waals surface area contributed by atoms with Gasteiger partial charge in [-0.3, -0.25) is 0 Å². The molecular formula is C26H26N2O4. The smallest absolute Gasteiger partial charge is 0.166 e. The summed E-state index contributed by atoms with van der Waals surface area (Å²) < 4.78 is 18.4. The predicted molar refractivity (Wildman–Crippen MR) is 120 cm³/mol. The van der Waals surface area contributed by atoms with Gasteiger partial charge in [-0.05, 0) is 50.2 Å². The first-order valence-electron chi connectivity index (χ1n) is 11.3. The minimum atomic E-state index is -0.986. The molecule has 2 unspecified atom stereocenters. The van der Waals surface area contributed by atoms with Crippen molar-refractivity contribution >= 4 is 10.9 Å². The van der Waals surface area contributed by atoms with E-state index in [-0.39, 0.29) is 12.1 Å². The van der Waals surface area contributed by atoms with Gasteiger partial charge >= 0.3 is 0 Å². The van der Waals surface area contributed by atoms with E-state index in [0.717, 1.165) is 64.4 Å². The van der Waals surface area contributed by atoms with Crippen LogP contribution in [0.25, 0.3) is 10.9 Å². The molecule has 1 aromatic heterocycles. The standard InChI is InChI=1S/C26H26N2O4/c1-28-11-10-25-20-14-8-9-18(30-2)23(20)32-24(25)21-16(13-26(25,29)19(28)12-14)22(31-3)15-6-4-5-7-17(15)27-21/h4-9,19,24,29H,10-13H2,1-3H3/t19-,24?,25+,26?/m1/s1. The Kier molecular flexibility index (Phi) is 3.47. The highest BCUT2D eigenvalue weighted by Crippen LogP contribution is 2.69. The Hall–Kier alpha value is -2.83. The zero-order chi connectivity index (χ0) is 21.8. The highest BCUT2D eigenvalue weighted by atomic mass is 16.5. The Morgan fingerprint density at radius 2 is 2.00 bits per heavy atom. The molecule has 4 aliphatic rings. The van der Waals surface area contributed by atoms with Crippen LogP contribution in [0.15, 0.2) is 36.4 Å². The quantitative estimate of drug-likeness (QED) is 0.674. The third-order valence-electron chi connectivity index (χ3n) is 8.56. The minimum Gasteiger partial charge on any atom is -0.496 e. The van der Waals surface area contributed by atoms with Crippen LogP contribution in [0.2, 0.25) is 0 Å². The van der Waals surface area contributed by atoms with E-state index in [9.17, 15) is 5.11 Å². The molecule has 0 radical (unpaired) electrons. The van der Waals surface area contributed by atoms with Gasteiger partial charge in [0.15, 0.2) is 17.6 Å². The van der Waals surface area contributed by atoms with Crippen LogP contribution >= 0.6 is 0 Å². The highest BCUT2D eigenvalue weighted by molar-refractivity contribution is 5.87. The van der Waals surface area contributed by atoms with Crippen LogP contribution in [0.4, 0.5) is 0 Å². The van der Waals surface area contributed by atoms with Gasteiger partial charge in [-0.2, -0.15) is 0 Å². The number of pyridine rings is 1. The topological polar surface area (TPSA) is 64.0 Å². The molecule has 6 nitrogen and oxygen atoms in total. The third kappa shape index (κ3) is 1.89. The van der Waals surface area contributed by atoms with Crippen LogP contribution < -0.4 is 14.2 Å². The summed E-state index contributed by atoms with van der Waals surface area (Å²) in [5.41, 5.74) is 3.59. The number of nitrogens with zero attached hydrogens (tertiary/aromatic N) is 2. The second kappa shape index (κ2) is 5.94. The van der Waals surface area contributed by atoms with Crippen molar-refractivity contribution in [2.75, 3.05) is 27.8 Å². The predicted octanol–water partition coefficient (Wildman–Crippen LogP) is 3.17. The maximum atomic E-state index is 12.6. The molecule has 7 rings (SSSR count). The molecule has 2 aliphatic heterocycles. The number of likely N-dealkylation sites (tertiary alicyclic amines) is 1. The van der Waals surface area contributed by atoms with E-state index in [1.165, 1.54) is 5.56 Å². The lowest BCUT2D eigenvalue weighted by Gasteiger charge is -2.62. The van der Waals surface area contributed by atoms with Gasteiger partial charge < -0.3 is 24.2 Å². The molecule has 1 spiro atoms. The van der Waals surface area contributed by atoms with Crippen molar-refractivity contribution in [3.05, 3.63) is 58.8 Å². The van der Waals surface area contributed by atoms with Crippen LogP contribution in [0.3, 0.4) is 0 Å². The van der Waals surface area contributed by atoms with Gasteiger partial charge in [0, 0.05) is 29.0 Å². The molecule has 6 heteroatoms. The number of benzene rings is 2. The first-order chi connectivity index (χ1) is 15.5. The third-order valence-corrected chi connectivity index (χ3v) is 8.56. The molecule has 0 amide bonds. The summed E-state index contributed by atoms with van der Waals surface area (Å²) in [5.74, 6) is 2.30. The molecule has 3 heterocycles. The van der Waals surface area contributed by atoms with Crippen LogP contribution in [0.5, 0.6) is 17.2 Å². The summed E-state index contributed by atoms with van der Waals surface area (Å²) in [6.07, 6.45) is 1.71. The maximum Gasteiger partial charge on any atom is 0.166 e. The van der Waals surface area contributed by atoms with E-state index in [2.05, 4.69) is 18.0 Å². The second-order valence-corrected chi connectivity index (χ2v) is 9.68. The van der Waals surface area contributed by atoms with Gasteiger partial charge in [-0.25, -0.2) is 4.98 Å². The Balaban J connectivity index is 1.60. The number of piperidine rings is 1. The first kappa shape index (κ1) is 18.7.